The van der Waals surface area contributed by atoms with Crippen molar-refractivity contribution in [3.05, 3.63) is 0 Å². The quantitative estimate of drug-likeness (QED) is 0.775. The van der Waals surface area contributed by atoms with Crippen LogP contribution in [0.15, 0.2) is 0 Å². The molecule has 0 spiro atoms. The summed E-state index contributed by atoms with van der Waals surface area (Å²) >= 11 is 0. The number of hydrogen-bond donors (Lipinski definition) is 2. The van der Waals surface area contributed by atoms with Crippen LogP contribution in [-0.2, 0) is 9.53 Å². The summed E-state index contributed by atoms with van der Waals surface area (Å²) in [7, 11) is 0. The van der Waals surface area contributed by atoms with E-state index in [2.05, 4.69) is 5.32 Å². The summed E-state index contributed by atoms with van der Waals surface area (Å²) in [6.45, 7) is 12.3. The Hall–Kier alpha value is -1.34. The van der Waals surface area contributed by atoms with Gasteiger partial charge in [0.15, 0.2) is 0 Å². The van der Waals surface area contributed by atoms with Gasteiger partial charge in [0.25, 0.3) is 0 Å². The van der Waals surface area contributed by atoms with E-state index in [1.54, 1.807) is 9.80 Å². The Kier molecular flexibility index (Phi) is 6.83. The monoisotopic (exact) mass is 329 g/mol. The first kappa shape index (κ1) is 19.7. The third kappa shape index (κ3) is 7.18. The molecule has 0 bridgehead atoms. The van der Waals surface area contributed by atoms with Gasteiger partial charge >= 0.3 is 6.09 Å². The lowest BCUT2D eigenvalue weighted by molar-refractivity contribution is -0.132. The second kappa shape index (κ2) is 7.97. The summed E-state index contributed by atoms with van der Waals surface area (Å²) in [6, 6.07) is 0. The Morgan fingerprint density at radius 3 is 2.04 bits per heavy atom. The van der Waals surface area contributed by atoms with E-state index in [0.717, 1.165) is 0 Å². The standard InChI is InChI=1S/C16H31N3O4/c1-15(2,3)23-14(22)19-8-6-18(7-9-19)13(21)10-17-11-16(4,5)12-20/h17,20H,6-12H2,1-5H3. The maximum atomic E-state index is 12.1. The zero-order valence-electron chi connectivity index (χ0n) is 15.0. The number of hydrogen-bond acceptors (Lipinski definition) is 5. The second-order valence-electron chi connectivity index (χ2n) is 7.77. The molecule has 7 nitrogen and oxygen atoms in total. The molecule has 0 saturated carbocycles. The van der Waals surface area contributed by atoms with E-state index in [0.29, 0.717) is 32.7 Å². The van der Waals surface area contributed by atoms with E-state index < -0.39 is 5.60 Å². The summed E-state index contributed by atoms with van der Waals surface area (Å²) in [6.07, 6.45) is -0.326. The molecule has 23 heavy (non-hydrogen) atoms. The Labute approximate surface area is 139 Å². The third-order valence-corrected chi connectivity index (χ3v) is 3.59. The molecule has 1 heterocycles. The van der Waals surface area contributed by atoms with E-state index >= 15 is 0 Å². The number of carbonyl (C=O) groups is 2. The number of nitrogens with zero attached hydrogens (tertiary/aromatic N) is 2. The van der Waals surface area contributed by atoms with Gasteiger partial charge in [-0.3, -0.25) is 4.79 Å². The molecular formula is C16H31N3O4. The van der Waals surface area contributed by atoms with Crippen molar-refractivity contribution in [2.45, 2.75) is 40.2 Å². The number of aliphatic hydroxyl groups is 1. The van der Waals surface area contributed by atoms with Crippen LogP contribution in [0.5, 0.6) is 0 Å². The molecule has 134 valence electrons. The molecule has 1 aliphatic rings. The summed E-state index contributed by atoms with van der Waals surface area (Å²) in [5, 5.41) is 12.3. The average molecular weight is 329 g/mol. The molecule has 0 aromatic carbocycles. The number of rotatable bonds is 5. The van der Waals surface area contributed by atoms with Gasteiger partial charge in [-0.15, -0.1) is 0 Å². The van der Waals surface area contributed by atoms with Crippen molar-refractivity contribution < 1.29 is 19.4 Å². The van der Waals surface area contributed by atoms with E-state index in [9.17, 15) is 14.7 Å². The van der Waals surface area contributed by atoms with E-state index in [1.807, 2.05) is 34.6 Å². The summed E-state index contributed by atoms with van der Waals surface area (Å²) in [5.74, 6) is 0.0163. The highest BCUT2D eigenvalue weighted by atomic mass is 16.6. The van der Waals surface area contributed by atoms with Gasteiger partial charge in [-0.2, -0.15) is 0 Å². The highest BCUT2D eigenvalue weighted by molar-refractivity contribution is 5.78. The lowest BCUT2D eigenvalue weighted by atomic mass is 9.95. The van der Waals surface area contributed by atoms with Crippen molar-refractivity contribution in [1.82, 2.24) is 15.1 Å². The van der Waals surface area contributed by atoms with Crippen LogP contribution in [0.25, 0.3) is 0 Å². The van der Waals surface area contributed by atoms with Crippen LogP contribution in [0.2, 0.25) is 0 Å². The second-order valence-corrected chi connectivity index (χ2v) is 7.77. The van der Waals surface area contributed by atoms with Crippen molar-refractivity contribution >= 4 is 12.0 Å². The predicted molar refractivity (Wildman–Crippen MR) is 88.1 cm³/mol. The maximum Gasteiger partial charge on any atom is 0.410 e. The smallest absolute Gasteiger partial charge is 0.410 e. The molecule has 1 aliphatic heterocycles. The maximum absolute atomic E-state index is 12.1. The molecule has 0 unspecified atom stereocenters. The first-order valence-electron chi connectivity index (χ1n) is 8.11. The minimum Gasteiger partial charge on any atom is -0.444 e. The lowest BCUT2D eigenvalue weighted by Crippen LogP contribution is -2.53. The molecule has 0 aliphatic carbocycles. The summed E-state index contributed by atoms with van der Waals surface area (Å²) in [5.41, 5.74) is -0.747. The van der Waals surface area contributed by atoms with Crippen molar-refractivity contribution in [2.75, 3.05) is 45.9 Å². The highest BCUT2D eigenvalue weighted by Gasteiger charge is 2.27. The van der Waals surface area contributed by atoms with E-state index in [4.69, 9.17) is 4.74 Å². The molecule has 1 fully saturated rings. The zero-order chi connectivity index (χ0) is 17.7. The fourth-order valence-electron chi connectivity index (χ4n) is 2.14. The first-order valence-corrected chi connectivity index (χ1v) is 8.11. The molecule has 1 rings (SSSR count). The van der Waals surface area contributed by atoms with E-state index in [1.165, 1.54) is 0 Å². The predicted octanol–water partition coefficient (Wildman–Crippen LogP) is 0.674. The number of ether oxygens (including phenoxy) is 1. The van der Waals surface area contributed by atoms with Crippen LogP contribution >= 0.6 is 0 Å². The lowest BCUT2D eigenvalue weighted by Gasteiger charge is -2.35. The number of amides is 2. The van der Waals surface area contributed by atoms with Crippen LogP contribution < -0.4 is 5.32 Å². The van der Waals surface area contributed by atoms with Crippen LogP contribution in [0.4, 0.5) is 4.79 Å². The Bertz CT molecular complexity index is 410. The number of carbonyl (C=O) groups excluding carboxylic acids is 2. The van der Waals surface area contributed by atoms with Crippen molar-refractivity contribution in [2.24, 2.45) is 5.41 Å². The van der Waals surface area contributed by atoms with Gasteiger partial charge in [-0.05, 0) is 20.8 Å². The molecule has 0 atom stereocenters. The van der Waals surface area contributed by atoms with Gasteiger partial charge < -0.3 is 25.0 Å². The van der Waals surface area contributed by atoms with Crippen LogP contribution in [0, 0.1) is 5.41 Å². The number of piperazine rings is 1. The Morgan fingerprint density at radius 2 is 1.57 bits per heavy atom. The fraction of sp³-hybridized carbons (Fsp3) is 0.875. The Balaban J connectivity index is 2.33. The number of nitrogens with one attached hydrogen (secondary N) is 1. The van der Waals surface area contributed by atoms with Crippen molar-refractivity contribution in [1.29, 1.82) is 0 Å². The Morgan fingerprint density at radius 1 is 1.04 bits per heavy atom. The van der Waals surface area contributed by atoms with Gasteiger partial charge in [0.2, 0.25) is 5.91 Å². The molecule has 1 saturated heterocycles. The van der Waals surface area contributed by atoms with Gasteiger partial charge in [-0.1, -0.05) is 13.8 Å². The molecular weight excluding hydrogens is 298 g/mol. The van der Waals surface area contributed by atoms with Crippen molar-refractivity contribution in [3.8, 4) is 0 Å². The molecule has 0 aromatic heterocycles. The molecule has 7 heteroatoms. The first-order chi connectivity index (χ1) is 10.5. The minimum atomic E-state index is -0.506. The summed E-state index contributed by atoms with van der Waals surface area (Å²) < 4.78 is 5.34. The van der Waals surface area contributed by atoms with E-state index in [-0.39, 0.29) is 30.6 Å². The minimum absolute atomic E-state index is 0.0163. The van der Waals surface area contributed by atoms with Gasteiger partial charge in [0.1, 0.15) is 5.60 Å². The molecule has 2 N–H and O–H groups in total. The van der Waals surface area contributed by atoms with Gasteiger partial charge in [0.05, 0.1) is 6.54 Å². The third-order valence-electron chi connectivity index (χ3n) is 3.59. The fourth-order valence-corrected chi connectivity index (χ4v) is 2.14. The number of aliphatic hydroxyl groups excluding tert-OH is 1. The topological polar surface area (TPSA) is 82.1 Å². The SMILES string of the molecule is CC(C)(CO)CNCC(=O)N1CCN(C(=O)OC(C)(C)C)CC1. The van der Waals surface area contributed by atoms with Crippen molar-refractivity contribution in [3.63, 3.8) is 0 Å². The average Bonchev–Trinajstić information content (AvgIpc) is 2.45. The molecule has 0 aromatic rings. The largest absolute Gasteiger partial charge is 0.444 e. The molecule has 2 amide bonds. The van der Waals surface area contributed by atoms with Gasteiger partial charge in [0, 0.05) is 44.7 Å². The van der Waals surface area contributed by atoms with Crippen LogP contribution in [0.1, 0.15) is 34.6 Å². The van der Waals surface area contributed by atoms with Crippen LogP contribution in [-0.4, -0.2) is 78.4 Å². The van der Waals surface area contributed by atoms with Gasteiger partial charge in [-0.25, -0.2) is 4.79 Å². The normalized spacial score (nSPS) is 16.4. The molecule has 0 radical (unpaired) electrons. The zero-order valence-corrected chi connectivity index (χ0v) is 15.0. The highest BCUT2D eigenvalue weighted by Crippen LogP contribution is 2.12. The van der Waals surface area contributed by atoms with Crippen LogP contribution in [0.3, 0.4) is 0 Å². The summed E-state index contributed by atoms with van der Waals surface area (Å²) in [4.78, 5) is 27.5.